The Hall–Kier alpha value is -2.29. The molecule has 6 nitrogen and oxygen atoms in total. The lowest BCUT2D eigenvalue weighted by atomic mass is 10.1. The highest BCUT2D eigenvalue weighted by molar-refractivity contribution is 7.89. The quantitative estimate of drug-likeness (QED) is 0.567. The molecule has 0 aliphatic rings. The van der Waals surface area contributed by atoms with Crippen LogP contribution < -0.4 is 0 Å². The van der Waals surface area contributed by atoms with Gasteiger partial charge in [0, 0.05) is 37.1 Å². The molecule has 8 heteroatoms. The van der Waals surface area contributed by atoms with E-state index in [1.54, 1.807) is 6.33 Å². The van der Waals surface area contributed by atoms with Gasteiger partial charge < -0.3 is 4.57 Å². The number of aromatic nitrogens is 2. The van der Waals surface area contributed by atoms with Crippen LogP contribution in [0.5, 0.6) is 0 Å². The van der Waals surface area contributed by atoms with Crippen LogP contribution in [-0.2, 0) is 16.6 Å². The van der Waals surface area contributed by atoms with E-state index in [1.807, 2.05) is 46.3 Å². The molecule has 0 saturated carbocycles. The monoisotopic (exact) mass is 403 g/mol. The van der Waals surface area contributed by atoms with Gasteiger partial charge in [-0.3, -0.25) is 4.79 Å². The molecular formula is C19H21N3O3S2. The number of aryl methyl sites for hydroxylation is 1. The molecule has 0 spiro atoms. The molecule has 3 aromatic rings. The lowest BCUT2D eigenvalue weighted by molar-refractivity contribution is 0.102. The predicted octanol–water partition coefficient (Wildman–Crippen LogP) is 3.37. The first-order valence-corrected chi connectivity index (χ1v) is 10.9. The Bertz CT molecular complexity index is 1050. The number of rotatable bonds is 7. The summed E-state index contributed by atoms with van der Waals surface area (Å²) in [5, 5.41) is 1.91. The van der Waals surface area contributed by atoms with Gasteiger partial charge in [-0.1, -0.05) is 30.3 Å². The van der Waals surface area contributed by atoms with Gasteiger partial charge in [0.05, 0.1) is 28.3 Å². The normalized spacial score (nSPS) is 11.9. The molecule has 0 fully saturated rings. The fourth-order valence-corrected chi connectivity index (χ4v) is 4.29. The third-order valence-electron chi connectivity index (χ3n) is 4.25. The first kappa shape index (κ1) is 19.5. The van der Waals surface area contributed by atoms with Crippen molar-refractivity contribution in [1.82, 2.24) is 13.9 Å². The van der Waals surface area contributed by atoms with Crippen LogP contribution in [0.25, 0.3) is 22.5 Å². The smallest absolute Gasteiger partial charge is 0.215 e. The highest BCUT2D eigenvalue weighted by Gasteiger charge is 2.20. The topological polar surface area (TPSA) is 72.3 Å². The van der Waals surface area contributed by atoms with Crippen LogP contribution in [0.3, 0.4) is 0 Å². The van der Waals surface area contributed by atoms with E-state index in [4.69, 9.17) is 0 Å². The van der Waals surface area contributed by atoms with Crippen LogP contribution in [0.4, 0.5) is 0 Å². The van der Waals surface area contributed by atoms with E-state index in [0.717, 1.165) is 22.5 Å². The van der Waals surface area contributed by atoms with Crippen LogP contribution in [0.2, 0.25) is 0 Å². The zero-order chi connectivity index (χ0) is 19.6. The van der Waals surface area contributed by atoms with Crippen molar-refractivity contribution in [3.63, 3.8) is 0 Å². The predicted molar refractivity (Wildman–Crippen MR) is 108 cm³/mol. The van der Waals surface area contributed by atoms with Gasteiger partial charge in [-0.15, -0.1) is 11.3 Å². The van der Waals surface area contributed by atoms with Gasteiger partial charge in [-0.25, -0.2) is 17.7 Å². The fourth-order valence-electron chi connectivity index (χ4n) is 2.70. The SMILES string of the molecule is CC(=O)c1cc(-c2c(-c3ccccc3)ncn2CCS(=O)(=O)N(C)C)cs1. The molecule has 0 N–H and O–H groups in total. The summed E-state index contributed by atoms with van der Waals surface area (Å²) < 4.78 is 27.4. The van der Waals surface area contributed by atoms with Crippen molar-refractivity contribution < 1.29 is 13.2 Å². The van der Waals surface area contributed by atoms with E-state index in [-0.39, 0.29) is 18.1 Å². The zero-order valence-corrected chi connectivity index (χ0v) is 17.0. The van der Waals surface area contributed by atoms with Crippen molar-refractivity contribution in [3.05, 3.63) is 53.0 Å². The van der Waals surface area contributed by atoms with E-state index < -0.39 is 10.0 Å². The van der Waals surface area contributed by atoms with Crippen molar-refractivity contribution in [2.75, 3.05) is 19.8 Å². The second-order valence-electron chi connectivity index (χ2n) is 6.36. The largest absolute Gasteiger partial charge is 0.329 e. The van der Waals surface area contributed by atoms with Crippen LogP contribution in [-0.4, -0.2) is 47.9 Å². The second-order valence-corrected chi connectivity index (χ2v) is 9.57. The summed E-state index contributed by atoms with van der Waals surface area (Å²) in [6.45, 7) is 1.82. The van der Waals surface area contributed by atoms with Crippen molar-refractivity contribution in [2.45, 2.75) is 13.5 Å². The van der Waals surface area contributed by atoms with Gasteiger partial charge in [0.2, 0.25) is 10.0 Å². The maximum Gasteiger partial charge on any atom is 0.215 e. The van der Waals surface area contributed by atoms with Gasteiger partial charge in [-0.05, 0) is 13.0 Å². The van der Waals surface area contributed by atoms with Crippen molar-refractivity contribution >= 4 is 27.1 Å². The average Bonchev–Trinajstić information content (AvgIpc) is 3.27. The summed E-state index contributed by atoms with van der Waals surface area (Å²) in [6, 6.07) is 11.6. The number of sulfonamides is 1. The van der Waals surface area contributed by atoms with Gasteiger partial charge in [0.15, 0.2) is 5.78 Å². The molecule has 2 heterocycles. The minimum absolute atomic E-state index is 0.00811. The van der Waals surface area contributed by atoms with E-state index in [0.29, 0.717) is 4.88 Å². The molecule has 27 heavy (non-hydrogen) atoms. The fraction of sp³-hybridized carbons (Fsp3) is 0.263. The van der Waals surface area contributed by atoms with Crippen molar-refractivity contribution in [2.24, 2.45) is 0 Å². The molecule has 0 bridgehead atoms. The Balaban J connectivity index is 2.06. The van der Waals surface area contributed by atoms with Crippen molar-refractivity contribution in [3.8, 4) is 22.5 Å². The number of hydrogen-bond donors (Lipinski definition) is 0. The Morgan fingerprint density at radius 1 is 1.19 bits per heavy atom. The summed E-state index contributed by atoms with van der Waals surface area (Å²) in [6.07, 6.45) is 1.66. The Morgan fingerprint density at radius 3 is 2.48 bits per heavy atom. The summed E-state index contributed by atoms with van der Waals surface area (Å²) in [7, 11) is -0.275. The Labute approximate surface area is 163 Å². The third kappa shape index (κ3) is 4.18. The molecule has 2 aromatic heterocycles. The highest BCUT2D eigenvalue weighted by Crippen LogP contribution is 2.34. The number of Topliss-reactive ketones (excluding diaryl/α,β-unsaturated/α-hetero) is 1. The summed E-state index contributed by atoms with van der Waals surface area (Å²) in [5.74, 6) is -0.0184. The first-order valence-electron chi connectivity index (χ1n) is 8.40. The lowest BCUT2D eigenvalue weighted by Crippen LogP contribution is -2.27. The summed E-state index contributed by atoms with van der Waals surface area (Å²) in [5.41, 5.74) is 3.39. The van der Waals surface area contributed by atoms with Crippen LogP contribution in [0.1, 0.15) is 16.6 Å². The molecule has 0 amide bonds. The number of carbonyl (C=O) groups is 1. The zero-order valence-electron chi connectivity index (χ0n) is 15.4. The van der Waals surface area contributed by atoms with Gasteiger partial charge >= 0.3 is 0 Å². The van der Waals surface area contributed by atoms with Crippen LogP contribution in [0.15, 0.2) is 48.1 Å². The summed E-state index contributed by atoms with van der Waals surface area (Å²) in [4.78, 5) is 16.9. The molecule has 0 aliphatic carbocycles. The number of nitrogens with zero attached hydrogens (tertiary/aromatic N) is 3. The Kier molecular flexibility index (Phi) is 5.59. The number of benzene rings is 1. The molecule has 1 aromatic carbocycles. The maximum absolute atomic E-state index is 12.2. The molecule has 0 atom stereocenters. The van der Waals surface area contributed by atoms with Crippen LogP contribution >= 0.6 is 11.3 Å². The molecule has 3 rings (SSSR count). The lowest BCUT2D eigenvalue weighted by Gasteiger charge is -2.13. The van der Waals surface area contributed by atoms with Gasteiger partial charge in [0.25, 0.3) is 0 Å². The van der Waals surface area contributed by atoms with Crippen LogP contribution in [0, 0.1) is 0 Å². The standard InChI is InChI=1S/C19H21N3O3S2/c1-14(23)17-11-16(12-26-17)19-18(15-7-5-4-6-8-15)20-13-22(19)9-10-27(24,25)21(2)3/h4-8,11-13H,9-10H2,1-3H3. The molecule has 142 valence electrons. The Morgan fingerprint density at radius 2 is 1.89 bits per heavy atom. The molecule has 0 unspecified atom stereocenters. The third-order valence-corrected chi connectivity index (χ3v) is 7.09. The molecular weight excluding hydrogens is 382 g/mol. The highest BCUT2D eigenvalue weighted by atomic mass is 32.2. The van der Waals surface area contributed by atoms with E-state index >= 15 is 0 Å². The van der Waals surface area contributed by atoms with Crippen molar-refractivity contribution in [1.29, 1.82) is 0 Å². The minimum atomic E-state index is -3.33. The van der Waals surface area contributed by atoms with Gasteiger partial charge in [0.1, 0.15) is 0 Å². The number of imidazole rings is 1. The van der Waals surface area contributed by atoms with E-state index in [2.05, 4.69) is 4.98 Å². The second kappa shape index (κ2) is 7.75. The maximum atomic E-state index is 12.2. The van der Waals surface area contributed by atoms with E-state index in [1.165, 1.54) is 36.7 Å². The molecule has 0 aliphatic heterocycles. The first-order chi connectivity index (χ1) is 12.8. The number of hydrogen-bond acceptors (Lipinski definition) is 5. The number of thiophene rings is 1. The molecule has 0 radical (unpaired) electrons. The van der Waals surface area contributed by atoms with Gasteiger partial charge in [-0.2, -0.15) is 0 Å². The summed E-state index contributed by atoms with van der Waals surface area (Å²) >= 11 is 1.38. The number of ketones is 1. The van der Waals surface area contributed by atoms with E-state index in [9.17, 15) is 13.2 Å². The average molecular weight is 404 g/mol. The number of carbonyl (C=O) groups excluding carboxylic acids is 1. The minimum Gasteiger partial charge on any atom is -0.329 e. The molecule has 0 saturated heterocycles.